The van der Waals surface area contributed by atoms with Gasteiger partial charge in [0.05, 0.1) is 38.7 Å². The maximum atomic E-state index is 14.3. The molecule has 43 heavy (non-hydrogen) atoms. The van der Waals surface area contributed by atoms with Gasteiger partial charge in [-0.3, -0.25) is 9.69 Å². The molecule has 0 aliphatic carbocycles. The van der Waals surface area contributed by atoms with E-state index in [0.717, 1.165) is 11.3 Å². The molecule has 14 nitrogen and oxygen atoms in total. The highest BCUT2D eigenvalue weighted by atomic mass is 16.5. The van der Waals surface area contributed by atoms with Gasteiger partial charge < -0.3 is 14.4 Å². The van der Waals surface area contributed by atoms with Crippen LogP contribution in [0.15, 0.2) is 78.9 Å². The van der Waals surface area contributed by atoms with Gasteiger partial charge in [0.1, 0.15) is 5.54 Å². The van der Waals surface area contributed by atoms with Gasteiger partial charge in [0.15, 0.2) is 23.1 Å². The van der Waals surface area contributed by atoms with E-state index < -0.39 is 17.5 Å². The maximum absolute atomic E-state index is 14.3. The number of methoxy groups -OCH3 is 2. The Morgan fingerprint density at radius 3 is 1.84 bits per heavy atom. The van der Waals surface area contributed by atoms with Crippen LogP contribution in [-0.4, -0.2) is 81.9 Å². The number of hydrogen-bond acceptors (Lipinski definition) is 10. The lowest BCUT2D eigenvalue weighted by atomic mass is 9.91. The molecule has 3 aromatic carbocycles. The van der Waals surface area contributed by atoms with E-state index in [2.05, 4.69) is 31.1 Å². The smallest absolute Gasteiger partial charge is 0.328 e. The van der Waals surface area contributed by atoms with E-state index >= 15 is 0 Å². The quantitative estimate of drug-likeness (QED) is 0.226. The molecule has 6 rings (SSSR count). The SMILES string of the molecule is COc1ccc(C[C@@]2(C)C(=O)N(Cc3nnnn3-c3ccccc3)C(=O)N2Cc2nnnn2-c2ccccc2)cc1OC. The third-order valence-corrected chi connectivity index (χ3v) is 7.43. The summed E-state index contributed by atoms with van der Waals surface area (Å²) in [7, 11) is 3.10. The molecule has 2 aromatic heterocycles. The summed E-state index contributed by atoms with van der Waals surface area (Å²) in [5.74, 6) is 1.38. The van der Waals surface area contributed by atoms with Gasteiger partial charge in [-0.15, -0.1) is 10.2 Å². The Hall–Kier alpha value is -5.66. The molecule has 1 saturated heterocycles. The summed E-state index contributed by atoms with van der Waals surface area (Å²) in [5, 5.41) is 24.2. The second-order valence-corrected chi connectivity index (χ2v) is 10.1. The minimum absolute atomic E-state index is 0.0314. The number of imide groups is 1. The van der Waals surface area contributed by atoms with Crippen LogP contribution in [0.4, 0.5) is 4.79 Å². The molecule has 3 heterocycles. The molecule has 218 valence electrons. The van der Waals surface area contributed by atoms with E-state index in [9.17, 15) is 9.59 Å². The average molecular weight is 581 g/mol. The summed E-state index contributed by atoms with van der Waals surface area (Å²) < 4.78 is 13.9. The molecule has 1 aliphatic heterocycles. The van der Waals surface area contributed by atoms with E-state index in [1.54, 1.807) is 38.0 Å². The number of ether oxygens (including phenoxy) is 2. The number of nitrogens with zero attached hydrogens (tertiary/aromatic N) is 10. The number of urea groups is 1. The van der Waals surface area contributed by atoms with Crippen LogP contribution in [0.25, 0.3) is 11.4 Å². The summed E-state index contributed by atoms with van der Waals surface area (Å²) >= 11 is 0. The molecule has 1 atom stereocenters. The zero-order valence-electron chi connectivity index (χ0n) is 23.7. The fraction of sp³-hybridized carbons (Fsp3) is 0.241. The molecular formula is C29H28N10O4. The first-order chi connectivity index (χ1) is 20.9. The first-order valence-corrected chi connectivity index (χ1v) is 13.4. The summed E-state index contributed by atoms with van der Waals surface area (Å²) in [4.78, 5) is 31.0. The minimum Gasteiger partial charge on any atom is -0.493 e. The molecule has 0 spiro atoms. The molecule has 0 radical (unpaired) electrons. The third-order valence-electron chi connectivity index (χ3n) is 7.43. The third kappa shape index (κ3) is 5.03. The summed E-state index contributed by atoms with van der Waals surface area (Å²) in [6, 6.07) is 23.5. The standard InChI is InChI=1S/C29H28N10O4/c1-29(17-20-14-15-23(42-2)24(16-20)43-3)27(40)36(18-25-30-32-34-38(25)21-10-6-4-7-11-21)28(41)37(29)19-26-31-33-35-39(26)22-12-8-5-9-13-22/h4-16H,17-19H2,1-3H3/t29-/m0/s1. The van der Waals surface area contributed by atoms with Crippen LogP contribution >= 0.6 is 0 Å². The molecule has 5 aromatic rings. The van der Waals surface area contributed by atoms with Crippen LogP contribution in [0.2, 0.25) is 0 Å². The van der Waals surface area contributed by atoms with Crippen LogP contribution in [0.3, 0.4) is 0 Å². The van der Waals surface area contributed by atoms with Gasteiger partial charge in [-0.05, 0) is 69.7 Å². The Morgan fingerprint density at radius 1 is 0.721 bits per heavy atom. The highest BCUT2D eigenvalue weighted by Crippen LogP contribution is 2.36. The number of hydrogen-bond donors (Lipinski definition) is 0. The first-order valence-electron chi connectivity index (χ1n) is 13.4. The summed E-state index contributed by atoms with van der Waals surface area (Å²) in [6.45, 7) is 1.57. The number of para-hydroxylation sites is 2. The van der Waals surface area contributed by atoms with Crippen molar-refractivity contribution in [2.24, 2.45) is 0 Å². The fourth-order valence-electron chi connectivity index (χ4n) is 5.22. The van der Waals surface area contributed by atoms with E-state index in [4.69, 9.17) is 9.47 Å². The van der Waals surface area contributed by atoms with Crippen molar-refractivity contribution in [3.63, 3.8) is 0 Å². The topological polar surface area (TPSA) is 146 Å². The molecule has 3 amide bonds. The summed E-state index contributed by atoms with van der Waals surface area (Å²) in [6.07, 6.45) is 0.185. The lowest BCUT2D eigenvalue weighted by molar-refractivity contribution is -0.133. The highest BCUT2D eigenvalue weighted by Gasteiger charge is 2.55. The average Bonchev–Trinajstić information content (AvgIpc) is 3.75. The van der Waals surface area contributed by atoms with E-state index in [1.807, 2.05) is 66.7 Å². The fourth-order valence-corrected chi connectivity index (χ4v) is 5.22. The largest absolute Gasteiger partial charge is 0.493 e. The van der Waals surface area contributed by atoms with Crippen LogP contribution in [0, 0.1) is 0 Å². The number of tetrazole rings is 2. The minimum atomic E-state index is -1.31. The van der Waals surface area contributed by atoms with Gasteiger partial charge >= 0.3 is 6.03 Å². The lowest BCUT2D eigenvalue weighted by Crippen LogP contribution is -2.48. The van der Waals surface area contributed by atoms with Crippen molar-refractivity contribution in [3.8, 4) is 22.9 Å². The lowest BCUT2D eigenvalue weighted by Gasteiger charge is -2.31. The van der Waals surface area contributed by atoms with Gasteiger partial charge in [-0.1, -0.05) is 42.5 Å². The first kappa shape index (κ1) is 27.5. The van der Waals surface area contributed by atoms with Crippen molar-refractivity contribution in [2.75, 3.05) is 14.2 Å². The maximum Gasteiger partial charge on any atom is 0.328 e. The van der Waals surface area contributed by atoms with Crippen molar-refractivity contribution in [3.05, 3.63) is 96.1 Å². The van der Waals surface area contributed by atoms with Crippen molar-refractivity contribution in [1.29, 1.82) is 0 Å². The van der Waals surface area contributed by atoms with Crippen molar-refractivity contribution in [2.45, 2.75) is 32.0 Å². The van der Waals surface area contributed by atoms with Crippen molar-refractivity contribution in [1.82, 2.24) is 50.2 Å². The molecule has 0 bridgehead atoms. The number of rotatable bonds is 10. The Kier molecular flexibility index (Phi) is 7.24. The van der Waals surface area contributed by atoms with E-state index in [1.165, 1.54) is 14.5 Å². The molecule has 0 N–H and O–H groups in total. The monoisotopic (exact) mass is 580 g/mol. The zero-order valence-corrected chi connectivity index (χ0v) is 23.7. The Bertz CT molecular complexity index is 1760. The molecule has 0 unspecified atom stereocenters. The highest BCUT2D eigenvalue weighted by molar-refractivity contribution is 6.06. The van der Waals surface area contributed by atoms with Gasteiger partial charge in [0.2, 0.25) is 0 Å². The number of amides is 3. The van der Waals surface area contributed by atoms with Crippen LogP contribution < -0.4 is 9.47 Å². The number of carbonyl (C=O) groups excluding carboxylic acids is 2. The Balaban J connectivity index is 1.38. The van der Waals surface area contributed by atoms with E-state index in [0.29, 0.717) is 28.8 Å². The molecular weight excluding hydrogens is 552 g/mol. The van der Waals surface area contributed by atoms with Crippen LogP contribution in [0.1, 0.15) is 24.1 Å². The van der Waals surface area contributed by atoms with E-state index in [-0.39, 0.29) is 19.5 Å². The van der Waals surface area contributed by atoms with Gasteiger partial charge in [0, 0.05) is 6.42 Å². The van der Waals surface area contributed by atoms with Crippen LogP contribution in [-0.2, 0) is 24.3 Å². The Morgan fingerprint density at radius 2 is 1.28 bits per heavy atom. The number of benzene rings is 3. The van der Waals surface area contributed by atoms with Crippen molar-refractivity contribution < 1.29 is 19.1 Å². The molecule has 1 fully saturated rings. The molecule has 1 aliphatic rings. The molecule has 14 heteroatoms. The van der Waals surface area contributed by atoms with Gasteiger partial charge in [-0.2, -0.15) is 9.36 Å². The predicted molar refractivity (Wildman–Crippen MR) is 151 cm³/mol. The number of carbonyl (C=O) groups is 2. The zero-order chi connectivity index (χ0) is 30.0. The normalized spacial score (nSPS) is 16.6. The van der Waals surface area contributed by atoms with Crippen LogP contribution in [0.5, 0.6) is 11.5 Å². The van der Waals surface area contributed by atoms with Crippen molar-refractivity contribution >= 4 is 11.9 Å². The second kappa shape index (κ2) is 11.3. The Labute approximate surface area is 246 Å². The number of aromatic nitrogens is 8. The van der Waals surface area contributed by atoms with Gasteiger partial charge in [0.25, 0.3) is 5.91 Å². The molecule has 0 saturated carbocycles. The predicted octanol–water partition coefficient (Wildman–Crippen LogP) is 2.62. The van der Waals surface area contributed by atoms with Gasteiger partial charge in [-0.25, -0.2) is 4.79 Å². The summed E-state index contributed by atoms with van der Waals surface area (Å²) in [5.41, 5.74) is 0.884. The second-order valence-electron chi connectivity index (χ2n) is 10.1.